The van der Waals surface area contributed by atoms with Crippen molar-refractivity contribution in [1.29, 1.82) is 0 Å². The number of amides is 3. The first-order valence-corrected chi connectivity index (χ1v) is 7.57. The molecule has 0 atom stereocenters. The minimum absolute atomic E-state index is 0.0715. The first kappa shape index (κ1) is 16.3. The van der Waals surface area contributed by atoms with E-state index in [0.717, 1.165) is 0 Å². The molecule has 0 unspecified atom stereocenters. The molecule has 2 aromatic carbocycles. The van der Waals surface area contributed by atoms with Crippen LogP contribution in [0.15, 0.2) is 65.6 Å². The highest BCUT2D eigenvalue weighted by Crippen LogP contribution is 2.14. The second kappa shape index (κ2) is 6.88. The Kier molecular flexibility index (Phi) is 4.47. The quantitative estimate of drug-likeness (QED) is 0.679. The smallest absolute Gasteiger partial charge is 0.316 e. The standard InChI is InChI=1S/C18H16N4O3/c19-18(25)21-13-7-5-12(6-8-13)20-17(24)11-22-10-9-16(23)14-3-1-2-4-15(14)22/h1-10H,11H2,(H,20,24)(H3,19,21,25). The maximum Gasteiger partial charge on any atom is 0.316 e. The molecular formula is C18H16N4O3. The highest BCUT2D eigenvalue weighted by Gasteiger charge is 2.07. The molecule has 3 aromatic rings. The number of aromatic nitrogens is 1. The highest BCUT2D eigenvalue weighted by atomic mass is 16.2. The van der Waals surface area contributed by atoms with E-state index in [9.17, 15) is 14.4 Å². The van der Waals surface area contributed by atoms with Crippen LogP contribution in [0.3, 0.4) is 0 Å². The minimum atomic E-state index is -0.651. The number of para-hydroxylation sites is 1. The van der Waals surface area contributed by atoms with E-state index in [1.165, 1.54) is 6.07 Å². The van der Waals surface area contributed by atoms with Crippen LogP contribution in [0.2, 0.25) is 0 Å². The number of primary amides is 1. The van der Waals surface area contributed by atoms with Crippen LogP contribution in [0, 0.1) is 0 Å². The number of nitrogens with one attached hydrogen (secondary N) is 2. The van der Waals surface area contributed by atoms with Crippen LogP contribution in [0.5, 0.6) is 0 Å². The van der Waals surface area contributed by atoms with Gasteiger partial charge in [0, 0.05) is 29.0 Å². The van der Waals surface area contributed by atoms with E-state index in [0.29, 0.717) is 22.3 Å². The van der Waals surface area contributed by atoms with Gasteiger partial charge < -0.3 is 20.9 Å². The lowest BCUT2D eigenvalue weighted by Crippen LogP contribution is -2.21. The summed E-state index contributed by atoms with van der Waals surface area (Å²) in [5.74, 6) is -0.232. The van der Waals surface area contributed by atoms with Crippen LogP contribution in [-0.4, -0.2) is 16.5 Å². The zero-order valence-corrected chi connectivity index (χ0v) is 13.2. The molecule has 0 aliphatic heterocycles. The van der Waals surface area contributed by atoms with Gasteiger partial charge >= 0.3 is 6.03 Å². The molecule has 0 aliphatic rings. The van der Waals surface area contributed by atoms with Gasteiger partial charge in [0.25, 0.3) is 0 Å². The third-order valence-electron chi connectivity index (χ3n) is 3.63. The van der Waals surface area contributed by atoms with Crippen molar-refractivity contribution in [3.05, 3.63) is 71.0 Å². The van der Waals surface area contributed by atoms with Crippen molar-refractivity contribution in [3.63, 3.8) is 0 Å². The fraction of sp³-hybridized carbons (Fsp3) is 0.0556. The van der Waals surface area contributed by atoms with Crippen molar-refractivity contribution in [1.82, 2.24) is 4.57 Å². The largest absolute Gasteiger partial charge is 0.351 e. The Balaban J connectivity index is 1.74. The molecule has 0 spiro atoms. The van der Waals surface area contributed by atoms with Crippen molar-refractivity contribution in [2.24, 2.45) is 5.73 Å². The maximum absolute atomic E-state index is 12.3. The number of benzene rings is 2. The van der Waals surface area contributed by atoms with Crippen LogP contribution >= 0.6 is 0 Å². The van der Waals surface area contributed by atoms with E-state index in [-0.39, 0.29) is 17.9 Å². The molecule has 0 bridgehead atoms. The molecule has 7 heteroatoms. The highest BCUT2D eigenvalue weighted by molar-refractivity contribution is 5.92. The molecule has 0 aliphatic carbocycles. The van der Waals surface area contributed by atoms with E-state index in [1.807, 2.05) is 6.07 Å². The van der Waals surface area contributed by atoms with Crippen LogP contribution in [-0.2, 0) is 11.3 Å². The normalized spacial score (nSPS) is 10.4. The minimum Gasteiger partial charge on any atom is -0.351 e. The molecule has 1 heterocycles. The zero-order valence-electron chi connectivity index (χ0n) is 13.2. The topological polar surface area (TPSA) is 106 Å². The number of rotatable bonds is 4. The van der Waals surface area contributed by atoms with Gasteiger partial charge in [0.2, 0.25) is 5.91 Å². The number of hydrogen-bond donors (Lipinski definition) is 3. The molecule has 7 nitrogen and oxygen atoms in total. The number of nitrogens with zero attached hydrogens (tertiary/aromatic N) is 1. The van der Waals surface area contributed by atoms with Gasteiger partial charge in [0.1, 0.15) is 6.54 Å². The van der Waals surface area contributed by atoms with Crippen molar-refractivity contribution < 1.29 is 9.59 Å². The lowest BCUT2D eigenvalue weighted by Gasteiger charge is -2.11. The second-order valence-corrected chi connectivity index (χ2v) is 5.44. The van der Waals surface area contributed by atoms with Gasteiger partial charge in [-0.1, -0.05) is 12.1 Å². The van der Waals surface area contributed by atoms with Crippen molar-refractivity contribution in [2.75, 3.05) is 10.6 Å². The van der Waals surface area contributed by atoms with Crippen molar-refractivity contribution >= 4 is 34.2 Å². The summed E-state index contributed by atoms with van der Waals surface area (Å²) in [5, 5.41) is 5.78. The predicted octanol–water partition coefficient (Wildman–Crippen LogP) is 2.13. The van der Waals surface area contributed by atoms with Gasteiger partial charge in [-0.3, -0.25) is 9.59 Å². The van der Waals surface area contributed by atoms with Gasteiger partial charge in [0.05, 0.1) is 5.52 Å². The Morgan fingerprint density at radius 2 is 1.56 bits per heavy atom. The van der Waals surface area contributed by atoms with E-state index in [1.54, 1.807) is 53.2 Å². The summed E-state index contributed by atoms with van der Waals surface area (Å²) in [6.07, 6.45) is 1.60. The maximum atomic E-state index is 12.3. The van der Waals surface area contributed by atoms with Gasteiger partial charge in [-0.05, 0) is 36.4 Å². The summed E-state index contributed by atoms with van der Waals surface area (Å²) in [6, 6.07) is 14.5. The molecule has 4 N–H and O–H groups in total. The zero-order chi connectivity index (χ0) is 17.8. The van der Waals surface area contributed by atoms with Gasteiger partial charge in [-0.25, -0.2) is 4.79 Å². The summed E-state index contributed by atoms with van der Waals surface area (Å²) in [5.41, 5.74) is 6.79. The molecule has 126 valence electrons. The molecule has 3 amide bonds. The molecule has 0 saturated heterocycles. The average molecular weight is 336 g/mol. The summed E-state index contributed by atoms with van der Waals surface area (Å²) >= 11 is 0. The van der Waals surface area contributed by atoms with Gasteiger partial charge in [-0.2, -0.15) is 0 Å². The fourth-order valence-electron chi connectivity index (χ4n) is 2.53. The summed E-state index contributed by atoms with van der Waals surface area (Å²) in [4.78, 5) is 34.9. The molecule has 25 heavy (non-hydrogen) atoms. The predicted molar refractivity (Wildman–Crippen MR) is 96.5 cm³/mol. The number of carbonyl (C=O) groups is 2. The van der Waals surface area contributed by atoms with Crippen LogP contribution in [0.25, 0.3) is 10.9 Å². The van der Waals surface area contributed by atoms with E-state index in [4.69, 9.17) is 5.73 Å². The Bertz CT molecular complexity index is 993. The van der Waals surface area contributed by atoms with E-state index >= 15 is 0 Å². The first-order chi connectivity index (χ1) is 12.0. The number of nitrogens with two attached hydrogens (primary N) is 1. The number of hydrogen-bond acceptors (Lipinski definition) is 3. The Hall–Kier alpha value is -3.61. The van der Waals surface area contributed by atoms with E-state index in [2.05, 4.69) is 10.6 Å². The number of pyridine rings is 1. The summed E-state index contributed by atoms with van der Waals surface area (Å²) in [7, 11) is 0. The number of fused-ring (bicyclic) bond motifs is 1. The average Bonchev–Trinajstić information content (AvgIpc) is 2.59. The fourth-order valence-corrected chi connectivity index (χ4v) is 2.53. The van der Waals surface area contributed by atoms with Crippen LogP contribution < -0.4 is 21.8 Å². The van der Waals surface area contributed by atoms with Gasteiger partial charge in [-0.15, -0.1) is 0 Å². The molecule has 0 fully saturated rings. The Morgan fingerprint density at radius 3 is 2.24 bits per heavy atom. The van der Waals surface area contributed by atoms with E-state index < -0.39 is 6.03 Å². The van der Waals surface area contributed by atoms with Crippen LogP contribution in [0.4, 0.5) is 16.2 Å². The molecule has 1 aromatic heterocycles. The molecule has 0 radical (unpaired) electrons. The molecule has 0 saturated carbocycles. The third-order valence-corrected chi connectivity index (χ3v) is 3.63. The second-order valence-electron chi connectivity index (χ2n) is 5.44. The lowest BCUT2D eigenvalue weighted by molar-refractivity contribution is -0.116. The lowest BCUT2D eigenvalue weighted by atomic mass is 10.2. The van der Waals surface area contributed by atoms with Crippen molar-refractivity contribution in [3.8, 4) is 0 Å². The Morgan fingerprint density at radius 1 is 0.920 bits per heavy atom. The third kappa shape index (κ3) is 3.84. The molecular weight excluding hydrogens is 320 g/mol. The number of carbonyl (C=O) groups excluding carboxylic acids is 2. The molecule has 3 rings (SSSR count). The number of anilines is 2. The Labute approximate surface area is 143 Å². The summed E-state index contributed by atoms with van der Waals surface area (Å²) in [6.45, 7) is 0.0715. The van der Waals surface area contributed by atoms with Gasteiger partial charge in [0.15, 0.2) is 5.43 Å². The first-order valence-electron chi connectivity index (χ1n) is 7.57. The SMILES string of the molecule is NC(=O)Nc1ccc(NC(=O)Cn2ccc(=O)c3ccccc32)cc1. The summed E-state index contributed by atoms with van der Waals surface area (Å²) < 4.78 is 1.72. The number of urea groups is 1. The van der Waals surface area contributed by atoms with Crippen molar-refractivity contribution in [2.45, 2.75) is 6.54 Å². The monoisotopic (exact) mass is 336 g/mol. The van der Waals surface area contributed by atoms with Crippen LogP contribution in [0.1, 0.15) is 0 Å².